The Morgan fingerprint density at radius 1 is 1.56 bits per heavy atom. The number of anilines is 1. The van der Waals surface area contributed by atoms with Gasteiger partial charge < -0.3 is 15.7 Å². The molecule has 0 bridgehead atoms. The predicted molar refractivity (Wildman–Crippen MR) is 62.4 cm³/mol. The van der Waals surface area contributed by atoms with Crippen molar-refractivity contribution in [3.8, 4) is 5.75 Å². The molecular weight excluding hydrogens is 230 g/mol. The number of nitro benzene ring substituents is 1. The van der Waals surface area contributed by atoms with Gasteiger partial charge in [-0.25, -0.2) is 0 Å². The first-order valence-electron chi connectivity index (χ1n) is 4.55. The molecule has 1 aromatic rings. The van der Waals surface area contributed by atoms with Crippen molar-refractivity contribution >= 4 is 28.7 Å². The van der Waals surface area contributed by atoms with E-state index in [-0.39, 0.29) is 22.2 Å². The number of benzene rings is 1. The second-order valence-corrected chi connectivity index (χ2v) is 3.33. The van der Waals surface area contributed by atoms with E-state index in [1.54, 1.807) is 0 Å². The maximum atomic E-state index is 11.4. The maximum Gasteiger partial charge on any atom is 0.271 e. The Kier molecular flexibility index (Phi) is 4.01. The fourth-order valence-corrected chi connectivity index (χ4v) is 1.31. The zero-order valence-corrected chi connectivity index (χ0v) is 9.34. The highest BCUT2D eigenvalue weighted by molar-refractivity contribution is 7.80. The van der Waals surface area contributed by atoms with Gasteiger partial charge in [0.25, 0.3) is 5.69 Å². The second-order valence-electron chi connectivity index (χ2n) is 2.92. The minimum atomic E-state index is -0.569. The van der Waals surface area contributed by atoms with Gasteiger partial charge in [-0.1, -0.05) is 11.8 Å². The molecule has 7 heteroatoms. The highest BCUT2D eigenvalue weighted by Gasteiger charge is 2.07. The molecule has 0 aromatic heterocycles. The van der Waals surface area contributed by atoms with Crippen molar-refractivity contribution in [3.05, 3.63) is 28.3 Å². The predicted octanol–water partition coefficient (Wildman–Crippen LogP) is 0.975. The molecule has 0 atom stereocenters. The highest BCUT2D eigenvalue weighted by Crippen LogP contribution is 2.25. The van der Waals surface area contributed by atoms with Gasteiger partial charge in [-0.2, -0.15) is 0 Å². The van der Waals surface area contributed by atoms with Crippen molar-refractivity contribution in [3.63, 3.8) is 0 Å². The normalized spacial score (nSPS) is 9.56. The van der Waals surface area contributed by atoms with Gasteiger partial charge >= 0.3 is 0 Å². The van der Waals surface area contributed by atoms with E-state index in [4.69, 9.17) is 12.2 Å². The summed E-state index contributed by atoms with van der Waals surface area (Å²) in [5.74, 6) is -0.342. The zero-order valence-electron chi connectivity index (χ0n) is 8.52. The van der Waals surface area contributed by atoms with Crippen LogP contribution in [0.4, 0.5) is 11.4 Å². The lowest BCUT2D eigenvalue weighted by Crippen LogP contribution is -2.28. The van der Waals surface area contributed by atoms with Gasteiger partial charge in [0, 0.05) is 24.4 Å². The molecule has 86 valence electrons. The first-order valence-corrected chi connectivity index (χ1v) is 4.95. The van der Waals surface area contributed by atoms with E-state index in [9.17, 15) is 15.2 Å². The van der Waals surface area contributed by atoms with Crippen LogP contribution >= 0.6 is 12.2 Å². The number of nitrogens with zero attached hydrogens (tertiary/aromatic N) is 1. The average Bonchev–Trinajstić information content (AvgIpc) is 2.21. The van der Waals surface area contributed by atoms with Gasteiger partial charge in [0.1, 0.15) is 0 Å². The lowest BCUT2D eigenvalue weighted by molar-refractivity contribution is -0.385. The average molecular weight is 240 g/mol. The molecule has 0 radical (unpaired) electrons. The van der Waals surface area contributed by atoms with Crippen LogP contribution in [-0.4, -0.2) is 16.6 Å². The lowest BCUT2D eigenvalue weighted by atomic mass is 10.2. The molecule has 0 aliphatic carbocycles. The summed E-state index contributed by atoms with van der Waals surface area (Å²) in [6.45, 7) is 2.45. The maximum absolute atomic E-state index is 11.4. The third-order valence-electron chi connectivity index (χ3n) is 1.76. The fourth-order valence-electron chi connectivity index (χ4n) is 1.06. The smallest absolute Gasteiger partial charge is 0.271 e. The van der Waals surface area contributed by atoms with Crippen LogP contribution in [0.5, 0.6) is 5.75 Å². The van der Waals surface area contributed by atoms with Crippen LogP contribution in [-0.2, 0) is 0 Å². The van der Waals surface area contributed by atoms with Crippen molar-refractivity contribution in [2.45, 2.75) is 6.92 Å². The standard InChI is InChI=1S/C9H11N3O3S/c1-2-10-9(16)11-7-5-6(12(14)15)3-4-8(7)13/h3-5,13H,2H2,1H3,(H2,10,11,16)/p-1. The fraction of sp³-hybridized carbons (Fsp3) is 0.222. The summed E-state index contributed by atoms with van der Waals surface area (Å²) in [6.07, 6.45) is 0. The van der Waals surface area contributed by atoms with E-state index in [2.05, 4.69) is 10.6 Å². The minimum absolute atomic E-state index is 0.0974. The number of nitrogens with one attached hydrogen (secondary N) is 2. The van der Waals surface area contributed by atoms with Crippen LogP contribution in [0.2, 0.25) is 0 Å². The van der Waals surface area contributed by atoms with Crippen LogP contribution in [0.15, 0.2) is 18.2 Å². The molecule has 0 fully saturated rings. The van der Waals surface area contributed by atoms with E-state index in [1.807, 2.05) is 6.92 Å². The topological polar surface area (TPSA) is 90.3 Å². The summed E-state index contributed by atoms with van der Waals surface area (Å²) in [5.41, 5.74) is -0.0541. The molecule has 0 amide bonds. The molecule has 1 rings (SSSR count). The molecular formula is C9H10N3O3S-. The molecule has 0 aliphatic rings. The van der Waals surface area contributed by atoms with E-state index >= 15 is 0 Å². The molecule has 0 heterocycles. The number of hydrogen-bond donors (Lipinski definition) is 2. The largest absolute Gasteiger partial charge is 0.871 e. The molecule has 0 spiro atoms. The van der Waals surface area contributed by atoms with E-state index in [1.165, 1.54) is 0 Å². The first kappa shape index (κ1) is 12.2. The Bertz CT molecular complexity index is 422. The van der Waals surface area contributed by atoms with Crippen LogP contribution in [0.3, 0.4) is 0 Å². The molecule has 2 N–H and O–H groups in total. The third kappa shape index (κ3) is 3.06. The number of non-ortho nitro benzene ring substituents is 1. The Labute approximate surface area is 97.4 Å². The number of thiocarbonyl (C=S) groups is 1. The van der Waals surface area contributed by atoms with Gasteiger partial charge in [-0.05, 0) is 19.1 Å². The van der Waals surface area contributed by atoms with E-state index in [0.29, 0.717) is 6.54 Å². The highest BCUT2D eigenvalue weighted by atomic mass is 32.1. The SMILES string of the molecule is CCNC(=S)Nc1cc([N+](=O)[O-])ccc1[O-]. The van der Waals surface area contributed by atoms with Crippen LogP contribution in [0.25, 0.3) is 0 Å². The number of hydrogen-bond acceptors (Lipinski definition) is 4. The van der Waals surface area contributed by atoms with E-state index in [0.717, 1.165) is 18.2 Å². The summed E-state index contributed by atoms with van der Waals surface area (Å²) in [7, 11) is 0. The summed E-state index contributed by atoms with van der Waals surface area (Å²) in [4.78, 5) is 9.93. The van der Waals surface area contributed by atoms with Gasteiger partial charge in [0.05, 0.1) is 4.92 Å². The van der Waals surface area contributed by atoms with E-state index < -0.39 is 4.92 Å². The van der Waals surface area contributed by atoms with Crippen molar-refractivity contribution in [1.82, 2.24) is 5.32 Å². The van der Waals surface area contributed by atoms with Gasteiger partial charge in [0.2, 0.25) is 0 Å². The number of rotatable bonds is 3. The van der Waals surface area contributed by atoms with Crippen LogP contribution < -0.4 is 15.7 Å². The molecule has 0 unspecified atom stereocenters. The first-order chi connectivity index (χ1) is 7.54. The van der Waals surface area contributed by atoms with Gasteiger partial charge in [-0.15, -0.1) is 0 Å². The van der Waals surface area contributed by atoms with Gasteiger partial charge in [-0.3, -0.25) is 10.1 Å². The molecule has 0 saturated heterocycles. The quantitative estimate of drug-likeness (QED) is 0.465. The van der Waals surface area contributed by atoms with Crippen LogP contribution in [0.1, 0.15) is 6.92 Å². The van der Waals surface area contributed by atoms with Crippen molar-refractivity contribution in [2.75, 3.05) is 11.9 Å². The van der Waals surface area contributed by atoms with Gasteiger partial charge in [0.15, 0.2) is 5.11 Å². The summed E-state index contributed by atoms with van der Waals surface area (Å²) >= 11 is 4.87. The van der Waals surface area contributed by atoms with Crippen LogP contribution in [0, 0.1) is 10.1 Å². The Morgan fingerprint density at radius 3 is 2.81 bits per heavy atom. The molecule has 0 saturated carbocycles. The lowest BCUT2D eigenvalue weighted by Gasteiger charge is -2.15. The Morgan fingerprint density at radius 2 is 2.25 bits per heavy atom. The molecule has 6 nitrogen and oxygen atoms in total. The van der Waals surface area contributed by atoms with Crippen molar-refractivity contribution < 1.29 is 10.0 Å². The minimum Gasteiger partial charge on any atom is -0.871 e. The summed E-state index contributed by atoms with van der Waals surface area (Å²) in [5, 5.41) is 27.5. The van der Waals surface area contributed by atoms with Crippen molar-refractivity contribution in [1.29, 1.82) is 0 Å². The third-order valence-corrected chi connectivity index (χ3v) is 2.01. The summed E-state index contributed by atoms with van der Waals surface area (Å²) < 4.78 is 0. The monoisotopic (exact) mass is 240 g/mol. The molecule has 16 heavy (non-hydrogen) atoms. The Hall–Kier alpha value is -1.89. The zero-order chi connectivity index (χ0) is 12.1. The summed E-state index contributed by atoms with van der Waals surface area (Å²) in [6, 6.07) is 3.45. The second kappa shape index (κ2) is 5.26. The number of nitro groups is 1. The molecule has 1 aromatic carbocycles. The van der Waals surface area contributed by atoms with Crippen molar-refractivity contribution in [2.24, 2.45) is 0 Å². The Balaban J connectivity index is 2.90. The molecule has 0 aliphatic heterocycles.